The molecular weight excluding hydrogens is 312 g/mol. The Hall–Kier alpha value is -2.67. The summed E-state index contributed by atoms with van der Waals surface area (Å²) in [4.78, 5) is 17.6. The third-order valence-electron chi connectivity index (χ3n) is 3.32. The second-order valence-corrected chi connectivity index (χ2v) is 6.24. The number of hydrogen-bond acceptors (Lipinski definition) is 5. The number of nitrogens with one attached hydrogen (secondary N) is 1. The molecule has 7 heteroatoms. The van der Waals surface area contributed by atoms with Gasteiger partial charge in [-0.05, 0) is 25.1 Å². The van der Waals surface area contributed by atoms with E-state index >= 15 is 0 Å². The lowest BCUT2D eigenvalue weighted by Crippen LogP contribution is -2.15. The zero-order valence-electron chi connectivity index (χ0n) is 13.0. The average molecular weight is 328 g/mol. The van der Waals surface area contributed by atoms with Crippen molar-refractivity contribution in [1.82, 2.24) is 14.8 Å². The van der Waals surface area contributed by atoms with Crippen LogP contribution in [0.15, 0.2) is 36.5 Å². The SMILES string of the molecule is COc1cccc(-c2cc(C(=O)Nc3ncc(C)s3)n(C)n2)c1. The van der Waals surface area contributed by atoms with Gasteiger partial charge in [0.05, 0.1) is 12.8 Å². The van der Waals surface area contributed by atoms with Gasteiger partial charge in [0.15, 0.2) is 5.13 Å². The minimum atomic E-state index is -0.233. The van der Waals surface area contributed by atoms with Crippen LogP contribution in [-0.2, 0) is 7.05 Å². The summed E-state index contributed by atoms with van der Waals surface area (Å²) in [5.74, 6) is 0.515. The monoisotopic (exact) mass is 328 g/mol. The minimum absolute atomic E-state index is 0.233. The van der Waals surface area contributed by atoms with E-state index in [-0.39, 0.29) is 5.91 Å². The number of carbonyl (C=O) groups excluding carboxylic acids is 1. The van der Waals surface area contributed by atoms with E-state index in [2.05, 4.69) is 15.4 Å². The van der Waals surface area contributed by atoms with E-state index in [1.165, 1.54) is 11.3 Å². The van der Waals surface area contributed by atoms with Crippen LogP contribution in [0.25, 0.3) is 11.3 Å². The first-order valence-corrected chi connectivity index (χ1v) is 7.80. The molecule has 0 aliphatic heterocycles. The molecule has 0 aliphatic rings. The maximum Gasteiger partial charge on any atom is 0.275 e. The van der Waals surface area contributed by atoms with Gasteiger partial charge in [-0.1, -0.05) is 12.1 Å². The largest absolute Gasteiger partial charge is 0.497 e. The molecule has 0 bridgehead atoms. The Morgan fingerprint density at radius 1 is 1.35 bits per heavy atom. The summed E-state index contributed by atoms with van der Waals surface area (Å²) in [6.45, 7) is 1.94. The van der Waals surface area contributed by atoms with E-state index in [0.717, 1.165) is 16.2 Å². The molecule has 6 nitrogen and oxygen atoms in total. The number of aromatic nitrogens is 3. The van der Waals surface area contributed by atoms with Gasteiger partial charge in [0.25, 0.3) is 5.91 Å². The smallest absolute Gasteiger partial charge is 0.275 e. The molecule has 0 radical (unpaired) electrons. The third-order valence-corrected chi connectivity index (χ3v) is 4.15. The summed E-state index contributed by atoms with van der Waals surface area (Å²) >= 11 is 1.44. The standard InChI is InChI=1S/C16H16N4O2S/c1-10-9-17-16(23-10)18-15(21)14-8-13(19-20(14)2)11-5-4-6-12(7-11)22-3/h4-9H,1-3H3,(H,17,18,21). The molecule has 1 N–H and O–H groups in total. The summed E-state index contributed by atoms with van der Waals surface area (Å²) in [6, 6.07) is 9.32. The van der Waals surface area contributed by atoms with Crippen molar-refractivity contribution in [2.45, 2.75) is 6.92 Å². The van der Waals surface area contributed by atoms with E-state index in [1.807, 2.05) is 31.2 Å². The molecule has 0 spiro atoms. The van der Waals surface area contributed by atoms with Crippen LogP contribution in [0.1, 0.15) is 15.4 Å². The number of thiazole rings is 1. The van der Waals surface area contributed by atoms with Crippen LogP contribution in [0.3, 0.4) is 0 Å². The number of nitrogens with zero attached hydrogens (tertiary/aromatic N) is 3. The highest BCUT2D eigenvalue weighted by molar-refractivity contribution is 7.15. The molecule has 3 aromatic rings. The van der Waals surface area contributed by atoms with Crippen molar-refractivity contribution in [3.05, 3.63) is 47.1 Å². The Bertz CT molecular complexity index is 853. The quantitative estimate of drug-likeness (QED) is 0.799. The van der Waals surface area contributed by atoms with Crippen molar-refractivity contribution in [3.8, 4) is 17.0 Å². The normalized spacial score (nSPS) is 10.6. The van der Waals surface area contributed by atoms with Crippen molar-refractivity contribution in [1.29, 1.82) is 0 Å². The lowest BCUT2D eigenvalue weighted by atomic mass is 10.1. The van der Waals surface area contributed by atoms with Crippen LogP contribution in [0.5, 0.6) is 5.75 Å². The number of rotatable bonds is 4. The molecule has 0 fully saturated rings. The van der Waals surface area contributed by atoms with Crippen LogP contribution < -0.4 is 10.1 Å². The van der Waals surface area contributed by atoms with Gasteiger partial charge in [0.1, 0.15) is 11.4 Å². The molecule has 0 saturated carbocycles. The van der Waals surface area contributed by atoms with E-state index < -0.39 is 0 Å². The van der Waals surface area contributed by atoms with Gasteiger partial charge in [-0.3, -0.25) is 14.8 Å². The number of benzene rings is 1. The average Bonchev–Trinajstić information content (AvgIpc) is 3.13. The summed E-state index contributed by atoms with van der Waals surface area (Å²) in [5.41, 5.74) is 2.08. The van der Waals surface area contributed by atoms with E-state index in [4.69, 9.17) is 4.74 Å². The maximum absolute atomic E-state index is 12.4. The number of methoxy groups -OCH3 is 1. The van der Waals surface area contributed by atoms with Crippen LogP contribution >= 0.6 is 11.3 Å². The highest BCUT2D eigenvalue weighted by Gasteiger charge is 2.16. The summed E-state index contributed by atoms with van der Waals surface area (Å²) in [7, 11) is 3.36. The molecular formula is C16H16N4O2S. The van der Waals surface area contributed by atoms with Crippen molar-refractivity contribution < 1.29 is 9.53 Å². The number of ether oxygens (including phenoxy) is 1. The van der Waals surface area contributed by atoms with Crippen LogP contribution in [0, 0.1) is 6.92 Å². The fourth-order valence-corrected chi connectivity index (χ4v) is 2.84. The molecule has 1 aromatic carbocycles. The predicted octanol–water partition coefficient (Wildman–Crippen LogP) is 3.11. The first-order chi connectivity index (χ1) is 11.1. The zero-order valence-corrected chi connectivity index (χ0v) is 13.8. The molecule has 3 rings (SSSR count). The molecule has 0 unspecified atom stereocenters. The Morgan fingerprint density at radius 2 is 2.17 bits per heavy atom. The summed E-state index contributed by atoms with van der Waals surface area (Å²) < 4.78 is 6.78. The first kappa shape index (κ1) is 15.2. The second kappa shape index (κ2) is 6.21. The highest BCUT2D eigenvalue weighted by Crippen LogP contribution is 2.24. The Kier molecular flexibility index (Phi) is 4.12. The van der Waals surface area contributed by atoms with Gasteiger partial charge >= 0.3 is 0 Å². The van der Waals surface area contributed by atoms with Crippen molar-refractivity contribution in [2.24, 2.45) is 7.05 Å². The van der Waals surface area contributed by atoms with Crippen LogP contribution in [-0.4, -0.2) is 27.8 Å². The molecule has 118 valence electrons. The lowest BCUT2D eigenvalue weighted by molar-refractivity contribution is 0.101. The second-order valence-electron chi connectivity index (χ2n) is 5.00. The van der Waals surface area contributed by atoms with Gasteiger partial charge in [0.2, 0.25) is 0 Å². The van der Waals surface area contributed by atoms with E-state index in [9.17, 15) is 4.79 Å². The number of amides is 1. The van der Waals surface area contributed by atoms with Crippen LogP contribution in [0.4, 0.5) is 5.13 Å². The molecule has 0 atom stereocenters. The van der Waals surface area contributed by atoms with Gasteiger partial charge in [-0.2, -0.15) is 5.10 Å². The van der Waals surface area contributed by atoms with Gasteiger partial charge in [-0.25, -0.2) is 4.98 Å². The number of aryl methyl sites for hydroxylation is 2. The molecule has 0 aliphatic carbocycles. The van der Waals surface area contributed by atoms with Gasteiger partial charge in [0, 0.05) is 23.7 Å². The molecule has 2 aromatic heterocycles. The zero-order chi connectivity index (χ0) is 16.4. The number of hydrogen-bond donors (Lipinski definition) is 1. The summed E-state index contributed by atoms with van der Waals surface area (Å²) in [6.07, 6.45) is 1.73. The Morgan fingerprint density at radius 3 is 2.87 bits per heavy atom. The van der Waals surface area contributed by atoms with Gasteiger partial charge in [-0.15, -0.1) is 11.3 Å². The fourth-order valence-electron chi connectivity index (χ4n) is 2.18. The maximum atomic E-state index is 12.4. The molecule has 1 amide bonds. The molecule has 0 saturated heterocycles. The number of anilines is 1. The summed E-state index contributed by atoms with van der Waals surface area (Å²) in [5, 5.41) is 7.78. The third kappa shape index (κ3) is 3.24. The van der Waals surface area contributed by atoms with Crippen molar-refractivity contribution in [2.75, 3.05) is 12.4 Å². The molecule has 2 heterocycles. The Balaban J connectivity index is 1.86. The van der Waals surface area contributed by atoms with Crippen molar-refractivity contribution >= 4 is 22.4 Å². The lowest BCUT2D eigenvalue weighted by Gasteiger charge is -2.01. The van der Waals surface area contributed by atoms with Gasteiger partial charge < -0.3 is 4.74 Å². The molecule has 23 heavy (non-hydrogen) atoms. The topological polar surface area (TPSA) is 69.0 Å². The first-order valence-electron chi connectivity index (χ1n) is 6.99. The predicted molar refractivity (Wildman–Crippen MR) is 90.0 cm³/mol. The minimum Gasteiger partial charge on any atom is -0.497 e. The van der Waals surface area contributed by atoms with Crippen LogP contribution in [0.2, 0.25) is 0 Å². The van der Waals surface area contributed by atoms with E-state index in [0.29, 0.717) is 16.5 Å². The Labute approximate surface area is 137 Å². The van der Waals surface area contributed by atoms with E-state index in [1.54, 1.807) is 31.1 Å². The fraction of sp³-hybridized carbons (Fsp3) is 0.188. The highest BCUT2D eigenvalue weighted by atomic mass is 32.1. The van der Waals surface area contributed by atoms with Crippen molar-refractivity contribution in [3.63, 3.8) is 0 Å². The number of carbonyl (C=O) groups is 1.